The number of anilines is 2. The van der Waals surface area contributed by atoms with Crippen LogP contribution in [-0.4, -0.2) is 22.1 Å². The smallest absolute Gasteiger partial charge is 0.224 e. The zero-order valence-corrected chi connectivity index (χ0v) is 12.8. The van der Waals surface area contributed by atoms with Crippen molar-refractivity contribution in [2.24, 2.45) is 5.41 Å². The van der Waals surface area contributed by atoms with Gasteiger partial charge in [-0.15, -0.1) is 0 Å². The molecule has 1 rings (SSSR count). The second kappa shape index (κ2) is 5.72. The fourth-order valence-corrected chi connectivity index (χ4v) is 2.39. The van der Waals surface area contributed by atoms with Gasteiger partial charge in [0.05, 0.1) is 6.20 Å². The molecule has 0 amide bonds. The van der Waals surface area contributed by atoms with Crippen LogP contribution >= 0.6 is 0 Å². The summed E-state index contributed by atoms with van der Waals surface area (Å²) in [6.45, 7) is 13.2. The summed E-state index contributed by atoms with van der Waals surface area (Å²) in [5, 5.41) is 6.16. The zero-order valence-electron chi connectivity index (χ0n) is 12.8. The highest BCUT2D eigenvalue weighted by molar-refractivity contribution is 5.43. The highest BCUT2D eigenvalue weighted by Gasteiger charge is 2.26. The summed E-state index contributed by atoms with van der Waals surface area (Å²) >= 11 is 0. The van der Waals surface area contributed by atoms with E-state index in [0.29, 0.717) is 12.5 Å². The Hall–Kier alpha value is -1.39. The lowest BCUT2D eigenvalue weighted by atomic mass is 9.82. The maximum Gasteiger partial charge on any atom is 0.224 e. The third-order valence-electron chi connectivity index (χ3n) is 2.51. The van der Waals surface area contributed by atoms with Crippen LogP contribution in [-0.2, 0) is 0 Å². The van der Waals surface area contributed by atoms with Crippen LogP contribution in [0, 0.1) is 11.2 Å². The third kappa shape index (κ3) is 5.41. The topological polar surface area (TPSA) is 49.8 Å². The van der Waals surface area contributed by atoms with Gasteiger partial charge in [-0.25, -0.2) is 9.37 Å². The molecule has 0 fully saturated rings. The van der Waals surface area contributed by atoms with Crippen LogP contribution in [0.5, 0.6) is 0 Å². The number of aromatic nitrogens is 2. The molecule has 0 aliphatic carbocycles. The van der Waals surface area contributed by atoms with Gasteiger partial charge in [-0.1, -0.05) is 20.8 Å². The monoisotopic (exact) mass is 268 g/mol. The van der Waals surface area contributed by atoms with Gasteiger partial charge in [0.25, 0.3) is 0 Å². The Morgan fingerprint density at radius 2 is 1.84 bits per heavy atom. The molecule has 1 heterocycles. The number of nitrogens with zero attached hydrogens (tertiary/aromatic N) is 2. The quantitative estimate of drug-likeness (QED) is 0.855. The molecule has 1 aromatic rings. The van der Waals surface area contributed by atoms with E-state index < -0.39 is 5.82 Å². The predicted molar refractivity (Wildman–Crippen MR) is 77.9 cm³/mol. The Balaban J connectivity index is 2.88. The first kappa shape index (κ1) is 15.7. The number of nitrogens with one attached hydrogen (secondary N) is 2. The maximum absolute atomic E-state index is 13.8. The van der Waals surface area contributed by atoms with Crippen LogP contribution in [0.25, 0.3) is 0 Å². The van der Waals surface area contributed by atoms with Crippen molar-refractivity contribution in [3.05, 3.63) is 12.0 Å². The van der Waals surface area contributed by atoms with Crippen LogP contribution in [0.2, 0.25) is 0 Å². The average molecular weight is 268 g/mol. The molecule has 4 nitrogen and oxygen atoms in total. The van der Waals surface area contributed by atoms with E-state index in [0.717, 1.165) is 6.42 Å². The second-order valence-corrected chi connectivity index (χ2v) is 6.67. The third-order valence-corrected chi connectivity index (χ3v) is 2.51. The van der Waals surface area contributed by atoms with Crippen molar-refractivity contribution >= 4 is 11.8 Å². The number of rotatable bonds is 5. The van der Waals surface area contributed by atoms with Crippen LogP contribution < -0.4 is 10.6 Å². The molecule has 1 aromatic heterocycles. The van der Waals surface area contributed by atoms with Gasteiger partial charge in [0.15, 0.2) is 11.6 Å². The molecule has 0 atom stereocenters. The van der Waals surface area contributed by atoms with E-state index in [1.165, 1.54) is 6.20 Å². The molecule has 0 aliphatic rings. The highest BCUT2D eigenvalue weighted by Crippen LogP contribution is 2.29. The minimum atomic E-state index is -0.427. The molecule has 5 heteroatoms. The molecule has 0 radical (unpaired) electrons. The van der Waals surface area contributed by atoms with Crippen molar-refractivity contribution in [2.45, 2.75) is 53.5 Å². The Morgan fingerprint density at radius 3 is 2.37 bits per heavy atom. The average Bonchev–Trinajstić information content (AvgIpc) is 2.19. The normalized spacial score (nSPS) is 12.4. The summed E-state index contributed by atoms with van der Waals surface area (Å²) < 4.78 is 13.8. The molecule has 0 saturated carbocycles. The Labute approximate surface area is 115 Å². The highest BCUT2D eigenvalue weighted by atomic mass is 19.1. The van der Waals surface area contributed by atoms with Crippen LogP contribution in [0.3, 0.4) is 0 Å². The van der Waals surface area contributed by atoms with Gasteiger partial charge in [0.1, 0.15) is 0 Å². The molecule has 0 spiro atoms. The molecule has 0 aromatic carbocycles. The van der Waals surface area contributed by atoms with Crippen molar-refractivity contribution in [1.29, 1.82) is 0 Å². The first-order valence-electron chi connectivity index (χ1n) is 6.67. The minimum Gasteiger partial charge on any atom is -0.363 e. The second-order valence-electron chi connectivity index (χ2n) is 6.67. The lowest BCUT2D eigenvalue weighted by molar-refractivity contribution is 0.301. The fourth-order valence-electron chi connectivity index (χ4n) is 2.39. The lowest BCUT2D eigenvalue weighted by Crippen LogP contribution is -2.36. The van der Waals surface area contributed by atoms with Gasteiger partial charge in [-0.2, -0.15) is 4.98 Å². The molecule has 0 unspecified atom stereocenters. The number of hydrogen-bond acceptors (Lipinski definition) is 4. The van der Waals surface area contributed by atoms with Gasteiger partial charge in [0, 0.05) is 12.1 Å². The first-order valence-corrected chi connectivity index (χ1v) is 6.67. The fraction of sp³-hybridized carbons (Fsp3) is 0.714. The van der Waals surface area contributed by atoms with Crippen molar-refractivity contribution in [1.82, 2.24) is 9.97 Å². The van der Waals surface area contributed by atoms with Crippen LogP contribution in [0.4, 0.5) is 16.2 Å². The molecule has 0 bridgehead atoms. The van der Waals surface area contributed by atoms with E-state index in [1.807, 2.05) is 20.8 Å². The van der Waals surface area contributed by atoms with E-state index in [-0.39, 0.29) is 16.8 Å². The van der Waals surface area contributed by atoms with Gasteiger partial charge in [-0.3, -0.25) is 0 Å². The van der Waals surface area contributed by atoms with Crippen molar-refractivity contribution < 1.29 is 4.39 Å². The predicted octanol–water partition coefficient (Wildman–Crippen LogP) is 3.67. The van der Waals surface area contributed by atoms with E-state index >= 15 is 0 Å². The van der Waals surface area contributed by atoms with E-state index in [2.05, 4.69) is 41.4 Å². The maximum atomic E-state index is 13.8. The Morgan fingerprint density at radius 1 is 1.21 bits per heavy atom. The molecule has 2 N–H and O–H groups in total. The number of halogens is 1. The Bertz CT molecular complexity index is 424. The molecular formula is C14H25FN4. The summed E-state index contributed by atoms with van der Waals surface area (Å²) in [4.78, 5) is 8.06. The van der Waals surface area contributed by atoms with Gasteiger partial charge in [-0.05, 0) is 32.6 Å². The molecular weight excluding hydrogens is 243 g/mol. The molecule has 0 aliphatic heterocycles. The van der Waals surface area contributed by atoms with E-state index in [1.54, 1.807) is 0 Å². The van der Waals surface area contributed by atoms with Gasteiger partial charge >= 0.3 is 0 Å². The summed E-state index contributed by atoms with van der Waals surface area (Å²) in [6.07, 6.45) is 2.10. The Kier molecular flexibility index (Phi) is 4.71. The SMILES string of the molecule is CCNc1ncc(F)c(NC(C)(C)CC(C)(C)C)n1. The van der Waals surface area contributed by atoms with E-state index in [9.17, 15) is 4.39 Å². The summed E-state index contributed by atoms with van der Waals surface area (Å²) in [5.41, 5.74) is -0.0819. The summed E-state index contributed by atoms with van der Waals surface area (Å²) in [5.74, 6) is 0.266. The standard InChI is InChI=1S/C14H25FN4/c1-7-16-12-17-8-10(15)11(18-12)19-14(5,6)9-13(2,3)4/h8H,7,9H2,1-6H3,(H2,16,17,18,19). The number of hydrogen-bond donors (Lipinski definition) is 2. The largest absolute Gasteiger partial charge is 0.363 e. The van der Waals surface area contributed by atoms with Crippen LogP contribution in [0.1, 0.15) is 48.0 Å². The zero-order chi connectivity index (χ0) is 14.7. The molecule has 0 saturated heterocycles. The molecule has 108 valence electrons. The minimum absolute atomic E-state index is 0.157. The van der Waals surface area contributed by atoms with Gasteiger partial charge in [0.2, 0.25) is 5.95 Å². The summed E-state index contributed by atoms with van der Waals surface area (Å²) in [6, 6.07) is 0. The molecule has 19 heavy (non-hydrogen) atoms. The van der Waals surface area contributed by atoms with Crippen molar-refractivity contribution in [3.63, 3.8) is 0 Å². The van der Waals surface area contributed by atoms with E-state index in [4.69, 9.17) is 0 Å². The van der Waals surface area contributed by atoms with Crippen molar-refractivity contribution in [3.8, 4) is 0 Å². The van der Waals surface area contributed by atoms with Crippen molar-refractivity contribution in [2.75, 3.05) is 17.2 Å². The summed E-state index contributed by atoms with van der Waals surface area (Å²) in [7, 11) is 0. The van der Waals surface area contributed by atoms with Crippen LogP contribution in [0.15, 0.2) is 6.20 Å². The van der Waals surface area contributed by atoms with Gasteiger partial charge < -0.3 is 10.6 Å². The first-order chi connectivity index (χ1) is 8.63. The lowest BCUT2D eigenvalue weighted by Gasteiger charge is -2.33.